The van der Waals surface area contributed by atoms with Crippen LogP contribution >= 0.6 is 0 Å². The van der Waals surface area contributed by atoms with Gasteiger partial charge in [-0.2, -0.15) is 4.98 Å². The molecule has 146 valence electrons. The quantitative estimate of drug-likeness (QED) is 0.643. The van der Waals surface area contributed by atoms with E-state index >= 15 is 0 Å². The molecule has 3 aromatic rings. The van der Waals surface area contributed by atoms with E-state index in [4.69, 9.17) is 18.7 Å². The number of aromatic nitrogens is 2. The van der Waals surface area contributed by atoms with Crippen molar-refractivity contribution in [1.29, 1.82) is 0 Å². The maximum absolute atomic E-state index is 6.22. The first kappa shape index (κ1) is 18.2. The molecule has 0 unspecified atom stereocenters. The lowest BCUT2D eigenvalue weighted by molar-refractivity contribution is 0.157. The first-order valence-electron chi connectivity index (χ1n) is 9.30. The van der Waals surface area contributed by atoms with Crippen LogP contribution in [-0.4, -0.2) is 43.6 Å². The minimum Gasteiger partial charge on any atom is -0.493 e. The van der Waals surface area contributed by atoms with Crippen LogP contribution in [0, 0.1) is 0 Å². The van der Waals surface area contributed by atoms with Gasteiger partial charge in [-0.1, -0.05) is 24.3 Å². The maximum atomic E-state index is 6.22. The lowest BCUT2D eigenvalue weighted by Crippen LogP contribution is -2.38. The minimum absolute atomic E-state index is 0.0712. The lowest BCUT2D eigenvalue weighted by Gasteiger charge is -2.31. The predicted octanol–water partition coefficient (Wildman–Crippen LogP) is 3.80. The monoisotopic (exact) mass is 381 g/mol. The molecule has 1 aliphatic heterocycles. The predicted molar refractivity (Wildman–Crippen MR) is 105 cm³/mol. The van der Waals surface area contributed by atoms with Gasteiger partial charge in [0.05, 0.1) is 14.2 Å². The Bertz CT molecular complexity index is 883. The number of hydrogen-bond acceptors (Lipinski definition) is 7. The number of hydrogen-bond donors (Lipinski definition) is 0. The number of para-hydroxylation sites is 1. The highest BCUT2D eigenvalue weighted by Gasteiger charge is 2.26. The van der Waals surface area contributed by atoms with Gasteiger partial charge in [-0.3, -0.25) is 0 Å². The molecule has 28 heavy (non-hydrogen) atoms. The summed E-state index contributed by atoms with van der Waals surface area (Å²) in [6, 6.07) is 15.4. The summed E-state index contributed by atoms with van der Waals surface area (Å²) >= 11 is 0. The maximum Gasteiger partial charge on any atom is 0.266 e. The smallest absolute Gasteiger partial charge is 0.266 e. The summed E-state index contributed by atoms with van der Waals surface area (Å²) in [4.78, 5) is 6.66. The van der Waals surface area contributed by atoms with Crippen molar-refractivity contribution in [3.8, 4) is 28.7 Å². The highest BCUT2D eigenvalue weighted by Crippen LogP contribution is 2.38. The van der Waals surface area contributed by atoms with Crippen molar-refractivity contribution in [3.63, 3.8) is 0 Å². The van der Waals surface area contributed by atoms with Crippen LogP contribution in [0.15, 0.2) is 53.1 Å². The Hall–Kier alpha value is -3.22. The molecule has 1 saturated heterocycles. The average molecular weight is 381 g/mol. The van der Waals surface area contributed by atoms with E-state index in [9.17, 15) is 0 Å². The first-order valence-corrected chi connectivity index (χ1v) is 9.30. The van der Waals surface area contributed by atoms with E-state index in [0.717, 1.165) is 31.5 Å². The zero-order chi connectivity index (χ0) is 19.3. The standard InChI is InChI=1S/C21H23N3O4/c1-25-17-9-6-10-18(26-2)19(17)27-16-11-13-24(14-12-16)21-22-20(28-23-21)15-7-4-3-5-8-15/h3-10,16H,11-14H2,1-2H3. The molecule has 1 fully saturated rings. The van der Waals surface area contributed by atoms with Gasteiger partial charge in [0.15, 0.2) is 11.5 Å². The second-order valence-corrected chi connectivity index (χ2v) is 6.56. The van der Waals surface area contributed by atoms with E-state index in [1.807, 2.05) is 48.5 Å². The number of rotatable bonds is 6. The second kappa shape index (κ2) is 8.21. The molecule has 0 spiro atoms. The molecule has 0 bridgehead atoms. The van der Waals surface area contributed by atoms with E-state index in [-0.39, 0.29) is 6.10 Å². The van der Waals surface area contributed by atoms with Crippen molar-refractivity contribution in [2.24, 2.45) is 0 Å². The summed E-state index contributed by atoms with van der Waals surface area (Å²) in [5.74, 6) is 3.15. The Balaban J connectivity index is 1.40. The molecule has 4 rings (SSSR count). The third-order valence-corrected chi connectivity index (χ3v) is 4.83. The molecule has 1 aromatic heterocycles. The van der Waals surface area contributed by atoms with Crippen molar-refractivity contribution in [2.75, 3.05) is 32.2 Å². The number of benzene rings is 2. The van der Waals surface area contributed by atoms with Gasteiger partial charge in [0.1, 0.15) is 6.10 Å². The van der Waals surface area contributed by atoms with E-state index in [1.54, 1.807) is 14.2 Å². The normalized spacial score (nSPS) is 14.7. The zero-order valence-corrected chi connectivity index (χ0v) is 16.0. The molecule has 2 heterocycles. The van der Waals surface area contributed by atoms with Gasteiger partial charge in [-0.15, -0.1) is 0 Å². The third-order valence-electron chi connectivity index (χ3n) is 4.83. The van der Waals surface area contributed by atoms with Gasteiger partial charge < -0.3 is 23.6 Å². The van der Waals surface area contributed by atoms with E-state index in [0.29, 0.717) is 29.1 Å². The van der Waals surface area contributed by atoms with Crippen molar-refractivity contribution >= 4 is 5.95 Å². The van der Waals surface area contributed by atoms with Crippen molar-refractivity contribution in [1.82, 2.24) is 10.1 Å². The fraction of sp³-hybridized carbons (Fsp3) is 0.333. The summed E-state index contributed by atoms with van der Waals surface area (Å²) in [7, 11) is 3.26. The van der Waals surface area contributed by atoms with E-state index in [1.165, 1.54) is 0 Å². The third kappa shape index (κ3) is 3.74. The van der Waals surface area contributed by atoms with Crippen LogP contribution in [0.4, 0.5) is 5.95 Å². The van der Waals surface area contributed by atoms with Gasteiger partial charge in [0.2, 0.25) is 5.75 Å². The molecular formula is C21H23N3O4. The minimum atomic E-state index is 0.0712. The number of ether oxygens (including phenoxy) is 3. The van der Waals surface area contributed by atoms with Gasteiger partial charge in [-0.05, 0) is 29.4 Å². The summed E-state index contributed by atoms with van der Waals surface area (Å²) in [6.45, 7) is 1.58. The molecule has 2 aromatic carbocycles. The molecule has 0 aliphatic carbocycles. The Labute approximate surface area is 163 Å². The van der Waals surface area contributed by atoms with Gasteiger partial charge >= 0.3 is 0 Å². The first-order chi connectivity index (χ1) is 13.8. The Morgan fingerprint density at radius 2 is 1.61 bits per heavy atom. The van der Waals surface area contributed by atoms with E-state index in [2.05, 4.69) is 15.0 Å². The summed E-state index contributed by atoms with van der Waals surface area (Å²) in [5, 5.41) is 4.14. The zero-order valence-electron chi connectivity index (χ0n) is 16.0. The van der Waals surface area contributed by atoms with Crippen LogP contribution in [0.1, 0.15) is 12.8 Å². The van der Waals surface area contributed by atoms with Gasteiger partial charge in [-0.25, -0.2) is 0 Å². The summed E-state index contributed by atoms with van der Waals surface area (Å²) in [6.07, 6.45) is 1.76. The van der Waals surface area contributed by atoms with E-state index < -0.39 is 0 Å². The lowest BCUT2D eigenvalue weighted by atomic mass is 10.1. The molecule has 0 radical (unpaired) electrons. The number of anilines is 1. The molecule has 0 amide bonds. The van der Waals surface area contributed by atoms with Crippen molar-refractivity contribution in [2.45, 2.75) is 18.9 Å². The molecular weight excluding hydrogens is 358 g/mol. The van der Waals surface area contributed by atoms with Crippen molar-refractivity contribution < 1.29 is 18.7 Å². The molecule has 7 nitrogen and oxygen atoms in total. The molecule has 7 heteroatoms. The number of piperidine rings is 1. The van der Waals surface area contributed by atoms with Crippen LogP contribution < -0.4 is 19.1 Å². The Morgan fingerprint density at radius 3 is 2.25 bits per heavy atom. The summed E-state index contributed by atoms with van der Waals surface area (Å²) in [5.41, 5.74) is 0.919. The van der Waals surface area contributed by atoms with Crippen LogP contribution in [-0.2, 0) is 0 Å². The SMILES string of the molecule is COc1cccc(OC)c1OC1CCN(c2noc(-c3ccccc3)n2)CC1. The fourth-order valence-corrected chi connectivity index (χ4v) is 3.32. The van der Waals surface area contributed by atoms with Gasteiger partial charge in [0.25, 0.3) is 11.8 Å². The van der Waals surface area contributed by atoms with Crippen molar-refractivity contribution in [3.05, 3.63) is 48.5 Å². The van der Waals surface area contributed by atoms with Crippen LogP contribution in [0.5, 0.6) is 17.2 Å². The largest absolute Gasteiger partial charge is 0.493 e. The number of nitrogens with zero attached hydrogens (tertiary/aromatic N) is 3. The highest BCUT2D eigenvalue weighted by molar-refractivity contribution is 5.54. The topological polar surface area (TPSA) is 69.8 Å². The molecule has 0 saturated carbocycles. The Kier molecular flexibility index (Phi) is 5.32. The molecule has 1 aliphatic rings. The fourth-order valence-electron chi connectivity index (χ4n) is 3.32. The molecule has 0 N–H and O–H groups in total. The Morgan fingerprint density at radius 1 is 0.929 bits per heavy atom. The second-order valence-electron chi connectivity index (χ2n) is 6.56. The highest BCUT2D eigenvalue weighted by atomic mass is 16.5. The van der Waals surface area contributed by atoms with Crippen LogP contribution in [0.2, 0.25) is 0 Å². The van der Waals surface area contributed by atoms with Gasteiger partial charge in [0, 0.05) is 31.5 Å². The molecule has 0 atom stereocenters. The summed E-state index contributed by atoms with van der Waals surface area (Å²) < 4.78 is 22.5. The van der Waals surface area contributed by atoms with Crippen LogP contribution in [0.25, 0.3) is 11.5 Å². The number of methoxy groups -OCH3 is 2. The average Bonchev–Trinajstić information content (AvgIpc) is 3.25. The van der Waals surface area contributed by atoms with Crippen LogP contribution in [0.3, 0.4) is 0 Å².